The second-order valence-corrected chi connectivity index (χ2v) is 3.15. The van der Waals surface area contributed by atoms with Gasteiger partial charge in [-0.1, -0.05) is 13.3 Å². The second kappa shape index (κ2) is 5.39. The van der Waals surface area contributed by atoms with Gasteiger partial charge in [-0.3, -0.25) is 0 Å². The first-order chi connectivity index (χ1) is 6.74. The van der Waals surface area contributed by atoms with Gasteiger partial charge >= 0.3 is 0 Å². The number of hydrogen-bond donors (Lipinski definition) is 3. The van der Waals surface area contributed by atoms with Crippen LogP contribution in [0.4, 0.5) is 11.5 Å². The summed E-state index contributed by atoms with van der Waals surface area (Å²) >= 11 is 0. The van der Waals surface area contributed by atoms with E-state index in [0.717, 1.165) is 12.8 Å². The quantitative estimate of drug-likeness (QED) is 0.643. The zero-order valence-electron chi connectivity index (χ0n) is 8.27. The van der Waals surface area contributed by atoms with Crippen molar-refractivity contribution >= 4 is 11.5 Å². The molecule has 0 saturated carbocycles. The van der Waals surface area contributed by atoms with Gasteiger partial charge in [-0.2, -0.15) is 0 Å². The fourth-order valence-electron chi connectivity index (χ4n) is 1.14. The lowest BCUT2D eigenvalue weighted by Crippen LogP contribution is -2.20. The smallest absolute Gasteiger partial charge is 0.152 e. The molecule has 0 saturated heterocycles. The molecule has 5 nitrogen and oxygen atoms in total. The number of aliphatic hydroxyl groups excluding tert-OH is 1. The van der Waals surface area contributed by atoms with Crippen molar-refractivity contribution in [2.24, 2.45) is 0 Å². The fraction of sp³-hybridized carbons (Fsp3) is 0.556. The predicted molar refractivity (Wildman–Crippen MR) is 55.8 cm³/mol. The highest BCUT2D eigenvalue weighted by Crippen LogP contribution is 2.11. The highest BCUT2D eigenvalue weighted by atomic mass is 16.3. The normalized spacial score (nSPS) is 12.4. The van der Waals surface area contributed by atoms with E-state index in [-0.39, 0.29) is 6.10 Å². The molecule has 0 fully saturated rings. The number of nitrogens with one attached hydrogen (secondary N) is 1. The summed E-state index contributed by atoms with van der Waals surface area (Å²) in [6, 6.07) is 0. The number of nitrogens with zero attached hydrogens (tertiary/aromatic N) is 2. The average Bonchev–Trinajstić information content (AvgIpc) is 2.17. The summed E-state index contributed by atoms with van der Waals surface area (Å²) in [5.74, 6) is 0.579. The van der Waals surface area contributed by atoms with E-state index in [4.69, 9.17) is 5.73 Å². The van der Waals surface area contributed by atoms with Gasteiger partial charge in [0.15, 0.2) is 5.82 Å². The number of nitrogen functional groups attached to an aromatic ring is 1. The molecule has 1 rings (SSSR count). The van der Waals surface area contributed by atoms with Crippen molar-refractivity contribution in [3.63, 3.8) is 0 Å². The molecule has 0 aromatic carbocycles. The third kappa shape index (κ3) is 3.18. The zero-order valence-corrected chi connectivity index (χ0v) is 8.27. The van der Waals surface area contributed by atoms with Crippen LogP contribution in [-0.4, -0.2) is 27.7 Å². The van der Waals surface area contributed by atoms with Gasteiger partial charge in [-0.05, 0) is 6.42 Å². The van der Waals surface area contributed by atoms with E-state index in [1.807, 2.05) is 6.92 Å². The van der Waals surface area contributed by atoms with Crippen LogP contribution in [0, 0.1) is 0 Å². The lowest BCUT2D eigenvalue weighted by Gasteiger charge is -2.11. The molecule has 1 atom stereocenters. The molecule has 1 aromatic rings. The van der Waals surface area contributed by atoms with Crippen LogP contribution in [0.1, 0.15) is 19.8 Å². The molecule has 0 spiro atoms. The molecular formula is C9H16N4O. The Morgan fingerprint density at radius 1 is 1.64 bits per heavy atom. The van der Waals surface area contributed by atoms with Crippen LogP contribution in [-0.2, 0) is 0 Å². The SMILES string of the molecule is CCCC(O)CNc1ncncc1N. The first kappa shape index (κ1) is 10.7. The minimum atomic E-state index is -0.352. The maximum Gasteiger partial charge on any atom is 0.152 e. The van der Waals surface area contributed by atoms with Crippen molar-refractivity contribution in [1.29, 1.82) is 0 Å². The highest BCUT2D eigenvalue weighted by molar-refractivity contribution is 5.58. The minimum absolute atomic E-state index is 0.352. The Kier molecular flexibility index (Phi) is 4.12. The van der Waals surface area contributed by atoms with Crippen LogP contribution in [0.5, 0.6) is 0 Å². The molecule has 0 aliphatic carbocycles. The molecule has 0 radical (unpaired) electrons. The van der Waals surface area contributed by atoms with E-state index in [2.05, 4.69) is 15.3 Å². The van der Waals surface area contributed by atoms with E-state index in [1.165, 1.54) is 12.5 Å². The molecule has 0 aliphatic heterocycles. The fourth-order valence-corrected chi connectivity index (χ4v) is 1.14. The molecule has 1 aromatic heterocycles. The van der Waals surface area contributed by atoms with Gasteiger partial charge in [0.25, 0.3) is 0 Å². The summed E-state index contributed by atoms with van der Waals surface area (Å²) < 4.78 is 0. The summed E-state index contributed by atoms with van der Waals surface area (Å²) in [5, 5.41) is 12.4. The topological polar surface area (TPSA) is 84.1 Å². The Balaban J connectivity index is 2.41. The number of hydrogen-bond acceptors (Lipinski definition) is 5. The zero-order chi connectivity index (χ0) is 10.4. The van der Waals surface area contributed by atoms with Crippen molar-refractivity contribution in [3.8, 4) is 0 Å². The van der Waals surface area contributed by atoms with Crippen molar-refractivity contribution in [2.75, 3.05) is 17.6 Å². The summed E-state index contributed by atoms with van der Waals surface area (Å²) in [6.07, 6.45) is 4.33. The number of anilines is 2. The summed E-state index contributed by atoms with van der Waals surface area (Å²) in [5.41, 5.74) is 6.11. The Morgan fingerprint density at radius 3 is 3.07 bits per heavy atom. The largest absolute Gasteiger partial charge is 0.394 e. The lowest BCUT2D eigenvalue weighted by molar-refractivity contribution is 0.176. The standard InChI is InChI=1S/C9H16N4O/c1-2-3-7(14)4-12-9-8(10)5-11-6-13-9/h5-7,14H,2-4,10H2,1H3,(H,11,12,13). The van der Waals surface area contributed by atoms with Crippen LogP contribution in [0.15, 0.2) is 12.5 Å². The molecule has 0 bridgehead atoms. The van der Waals surface area contributed by atoms with Crippen LogP contribution in [0.2, 0.25) is 0 Å². The maximum atomic E-state index is 9.45. The number of rotatable bonds is 5. The summed E-state index contributed by atoms with van der Waals surface area (Å²) in [7, 11) is 0. The van der Waals surface area contributed by atoms with Crippen molar-refractivity contribution in [3.05, 3.63) is 12.5 Å². The van der Waals surface area contributed by atoms with Crippen LogP contribution in [0.25, 0.3) is 0 Å². The number of nitrogens with two attached hydrogens (primary N) is 1. The summed E-state index contributed by atoms with van der Waals surface area (Å²) in [6.45, 7) is 2.50. The second-order valence-electron chi connectivity index (χ2n) is 3.15. The van der Waals surface area contributed by atoms with Gasteiger partial charge in [0.05, 0.1) is 18.0 Å². The molecule has 78 valence electrons. The number of aromatic nitrogens is 2. The molecule has 0 aliphatic rings. The van der Waals surface area contributed by atoms with Crippen molar-refractivity contribution < 1.29 is 5.11 Å². The molecule has 4 N–H and O–H groups in total. The molecular weight excluding hydrogens is 180 g/mol. The van der Waals surface area contributed by atoms with E-state index in [1.54, 1.807) is 0 Å². The average molecular weight is 196 g/mol. The third-order valence-electron chi connectivity index (χ3n) is 1.87. The third-order valence-corrected chi connectivity index (χ3v) is 1.87. The first-order valence-corrected chi connectivity index (χ1v) is 4.71. The van der Waals surface area contributed by atoms with Gasteiger partial charge in [-0.15, -0.1) is 0 Å². The van der Waals surface area contributed by atoms with Gasteiger partial charge in [0.1, 0.15) is 6.33 Å². The van der Waals surface area contributed by atoms with E-state index < -0.39 is 0 Å². The van der Waals surface area contributed by atoms with Crippen molar-refractivity contribution in [1.82, 2.24) is 9.97 Å². The van der Waals surface area contributed by atoms with Gasteiger partial charge in [0.2, 0.25) is 0 Å². The molecule has 14 heavy (non-hydrogen) atoms. The van der Waals surface area contributed by atoms with Gasteiger partial charge in [0, 0.05) is 6.54 Å². The maximum absolute atomic E-state index is 9.45. The van der Waals surface area contributed by atoms with E-state index in [0.29, 0.717) is 18.1 Å². The highest BCUT2D eigenvalue weighted by Gasteiger charge is 2.04. The van der Waals surface area contributed by atoms with E-state index >= 15 is 0 Å². The first-order valence-electron chi connectivity index (χ1n) is 4.71. The van der Waals surface area contributed by atoms with E-state index in [9.17, 15) is 5.11 Å². The van der Waals surface area contributed by atoms with Crippen molar-refractivity contribution in [2.45, 2.75) is 25.9 Å². The molecule has 1 unspecified atom stereocenters. The summed E-state index contributed by atoms with van der Waals surface area (Å²) in [4.78, 5) is 7.72. The molecule has 5 heteroatoms. The van der Waals surface area contributed by atoms with Crippen LogP contribution < -0.4 is 11.1 Å². The van der Waals surface area contributed by atoms with Gasteiger partial charge < -0.3 is 16.2 Å². The molecule has 1 heterocycles. The predicted octanol–water partition coefficient (Wildman–Crippen LogP) is 0.632. The van der Waals surface area contributed by atoms with Gasteiger partial charge in [-0.25, -0.2) is 9.97 Å². The Morgan fingerprint density at radius 2 is 2.43 bits per heavy atom. The monoisotopic (exact) mass is 196 g/mol. The Bertz CT molecular complexity index is 279. The Hall–Kier alpha value is -1.36. The van der Waals surface area contributed by atoms with Crippen LogP contribution in [0.3, 0.4) is 0 Å². The van der Waals surface area contributed by atoms with Crippen LogP contribution >= 0.6 is 0 Å². The minimum Gasteiger partial charge on any atom is -0.394 e. The molecule has 0 amide bonds. The number of aliphatic hydroxyl groups is 1. The Labute approximate surface area is 83.4 Å². The lowest BCUT2D eigenvalue weighted by atomic mass is 10.2.